The molecular weight excluding hydrogens is 404 g/mol. The molecule has 0 aliphatic heterocycles. The second-order valence-electron chi connectivity index (χ2n) is 7.68. The summed E-state index contributed by atoms with van der Waals surface area (Å²) in [5.41, 5.74) is 7.39. The van der Waals surface area contributed by atoms with Gasteiger partial charge in [0.1, 0.15) is 0 Å². The van der Waals surface area contributed by atoms with Crippen molar-refractivity contribution < 1.29 is 0 Å². The van der Waals surface area contributed by atoms with Gasteiger partial charge in [0.25, 0.3) is 0 Å². The zero-order valence-corrected chi connectivity index (χ0v) is 18.8. The molecule has 2 N–H and O–H groups in total. The number of thiocarbonyl (C=S) groups is 1. The van der Waals surface area contributed by atoms with Crippen molar-refractivity contribution in [2.24, 2.45) is 0 Å². The number of hydrogen-bond donors (Lipinski definition) is 2. The Labute approximate surface area is 187 Å². The van der Waals surface area contributed by atoms with Gasteiger partial charge in [0, 0.05) is 6.20 Å². The lowest BCUT2D eigenvalue weighted by Crippen LogP contribution is -2.19. The second-order valence-corrected chi connectivity index (χ2v) is 8.09. The van der Waals surface area contributed by atoms with Gasteiger partial charge in [0.15, 0.2) is 5.11 Å². The Hall–Kier alpha value is -3.45. The van der Waals surface area contributed by atoms with Gasteiger partial charge < -0.3 is 10.6 Å². The molecular formula is C24H26N6S. The predicted molar refractivity (Wildman–Crippen MR) is 130 cm³/mol. The summed E-state index contributed by atoms with van der Waals surface area (Å²) in [6.07, 6.45) is 3.73. The maximum atomic E-state index is 5.53. The molecule has 0 atom stereocenters. The molecule has 0 saturated heterocycles. The van der Waals surface area contributed by atoms with Crippen molar-refractivity contribution in [1.29, 1.82) is 0 Å². The van der Waals surface area contributed by atoms with Gasteiger partial charge in [-0.25, -0.2) is 0 Å². The van der Waals surface area contributed by atoms with Crippen molar-refractivity contribution in [1.82, 2.24) is 19.6 Å². The van der Waals surface area contributed by atoms with E-state index in [2.05, 4.69) is 64.2 Å². The number of nitrogens with zero attached hydrogens (tertiary/aromatic N) is 4. The van der Waals surface area contributed by atoms with E-state index in [0.717, 1.165) is 29.3 Å². The highest BCUT2D eigenvalue weighted by Gasteiger charge is 2.13. The first-order valence-corrected chi connectivity index (χ1v) is 10.6. The van der Waals surface area contributed by atoms with Gasteiger partial charge in [-0.15, -0.1) is 0 Å². The van der Waals surface area contributed by atoms with Gasteiger partial charge in [-0.05, 0) is 44.1 Å². The predicted octanol–water partition coefficient (Wildman–Crippen LogP) is 4.91. The van der Waals surface area contributed by atoms with Crippen molar-refractivity contribution in [2.45, 2.75) is 33.9 Å². The summed E-state index contributed by atoms with van der Waals surface area (Å²) in [6.45, 7) is 7.56. The van der Waals surface area contributed by atoms with Crippen molar-refractivity contribution in [2.75, 3.05) is 10.6 Å². The van der Waals surface area contributed by atoms with Crippen LogP contribution in [0.3, 0.4) is 0 Å². The molecule has 0 spiro atoms. The maximum Gasteiger partial charge on any atom is 0.175 e. The zero-order valence-electron chi connectivity index (χ0n) is 18.0. The van der Waals surface area contributed by atoms with Crippen molar-refractivity contribution in [3.63, 3.8) is 0 Å². The summed E-state index contributed by atoms with van der Waals surface area (Å²) in [6, 6.07) is 18.8. The van der Waals surface area contributed by atoms with E-state index in [0.29, 0.717) is 11.7 Å². The fourth-order valence-corrected chi connectivity index (χ4v) is 3.68. The van der Waals surface area contributed by atoms with Crippen LogP contribution in [0.5, 0.6) is 0 Å². The maximum absolute atomic E-state index is 5.53. The Morgan fingerprint density at radius 1 is 0.903 bits per heavy atom. The van der Waals surface area contributed by atoms with Crippen LogP contribution in [0.1, 0.15) is 28.1 Å². The summed E-state index contributed by atoms with van der Waals surface area (Å²) in [4.78, 5) is 0. The first-order valence-electron chi connectivity index (χ1n) is 10.2. The van der Waals surface area contributed by atoms with Crippen LogP contribution >= 0.6 is 12.2 Å². The average molecular weight is 431 g/mol. The SMILES string of the molecule is Cc1ccc(Cn2cc(NC(=S)Nc3c(C)nn(Cc4ccccc4)c3C)cn2)cc1. The lowest BCUT2D eigenvalue weighted by Gasteiger charge is -2.10. The van der Waals surface area contributed by atoms with Gasteiger partial charge in [0.05, 0.1) is 42.0 Å². The molecule has 31 heavy (non-hydrogen) atoms. The Bertz CT molecular complexity index is 1170. The lowest BCUT2D eigenvalue weighted by atomic mass is 10.1. The third kappa shape index (κ3) is 5.19. The van der Waals surface area contributed by atoms with E-state index in [-0.39, 0.29) is 0 Å². The highest BCUT2D eigenvalue weighted by atomic mass is 32.1. The molecule has 0 aliphatic carbocycles. The highest BCUT2D eigenvalue weighted by molar-refractivity contribution is 7.80. The van der Waals surface area contributed by atoms with Crippen LogP contribution in [0.4, 0.5) is 11.4 Å². The summed E-state index contributed by atoms with van der Waals surface area (Å²) < 4.78 is 3.89. The fraction of sp³-hybridized carbons (Fsp3) is 0.208. The standard InChI is InChI=1S/C24H26N6S/c1-17-9-11-21(12-10-17)14-29-16-22(13-25-29)26-24(31)27-23-18(2)28-30(19(23)3)15-20-7-5-4-6-8-20/h4-13,16H,14-15H2,1-3H3,(H2,26,27,31). The summed E-state index contributed by atoms with van der Waals surface area (Å²) >= 11 is 5.53. The number of aryl methyl sites for hydroxylation is 2. The first-order chi connectivity index (χ1) is 15.0. The minimum Gasteiger partial charge on any atom is -0.330 e. The summed E-state index contributed by atoms with van der Waals surface area (Å²) in [5, 5.41) is 16.1. The van der Waals surface area contributed by atoms with E-state index in [1.54, 1.807) is 6.20 Å². The summed E-state index contributed by atoms with van der Waals surface area (Å²) in [7, 11) is 0. The molecule has 0 bridgehead atoms. The van der Waals surface area contributed by atoms with E-state index in [4.69, 9.17) is 12.2 Å². The Morgan fingerprint density at radius 2 is 1.61 bits per heavy atom. The number of aromatic nitrogens is 4. The minimum atomic E-state index is 0.514. The number of nitrogens with one attached hydrogen (secondary N) is 2. The zero-order chi connectivity index (χ0) is 21.8. The third-order valence-electron chi connectivity index (χ3n) is 5.15. The number of benzene rings is 2. The highest BCUT2D eigenvalue weighted by Crippen LogP contribution is 2.21. The minimum absolute atomic E-state index is 0.514. The Balaban J connectivity index is 1.39. The smallest absolute Gasteiger partial charge is 0.175 e. The third-order valence-corrected chi connectivity index (χ3v) is 5.36. The number of rotatable bonds is 6. The van der Waals surface area contributed by atoms with Crippen LogP contribution in [-0.4, -0.2) is 24.7 Å². The van der Waals surface area contributed by atoms with Gasteiger partial charge in [-0.1, -0.05) is 60.2 Å². The molecule has 0 saturated carbocycles. The number of hydrogen-bond acceptors (Lipinski definition) is 3. The molecule has 4 aromatic rings. The molecule has 2 heterocycles. The Morgan fingerprint density at radius 3 is 2.35 bits per heavy atom. The molecule has 4 rings (SSSR count). The molecule has 2 aromatic carbocycles. The van der Waals surface area contributed by atoms with Gasteiger partial charge >= 0.3 is 0 Å². The fourth-order valence-electron chi connectivity index (χ4n) is 3.46. The van der Waals surface area contributed by atoms with Crippen molar-refractivity contribution >= 4 is 28.7 Å². The lowest BCUT2D eigenvalue weighted by molar-refractivity contribution is 0.659. The van der Waals surface area contributed by atoms with Crippen LogP contribution in [0.2, 0.25) is 0 Å². The van der Waals surface area contributed by atoms with Crippen LogP contribution < -0.4 is 10.6 Å². The normalized spacial score (nSPS) is 10.8. The van der Waals surface area contributed by atoms with E-state index >= 15 is 0 Å². The van der Waals surface area contributed by atoms with Gasteiger partial charge in [0.2, 0.25) is 0 Å². The monoisotopic (exact) mass is 430 g/mol. The molecule has 0 unspecified atom stereocenters. The molecule has 0 radical (unpaired) electrons. The first kappa shape index (κ1) is 20.8. The quantitative estimate of drug-likeness (QED) is 0.426. The molecule has 6 nitrogen and oxygen atoms in total. The van der Waals surface area contributed by atoms with Crippen molar-refractivity contribution in [3.8, 4) is 0 Å². The van der Waals surface area contributed by atoms with Crippen molar-refractivity contribution in [3.05, 3.63) is 95.1 Å². The van der Waals surface area contributed by atoms with E-state index in [9.17, 15) is 0 Å². The number of anilines is 2. The van der Waals surface area contributed by atoms with Gasteiger partial charge in [-0.3, -0.25) is 9.36 Å². The average Bonchev–Trinajstić information content (AvgIpc) is 3.29. The van der Waals surface area contributed by atoms with Crippen LogP contribution in [0.15, 0.2) is 67.0 Å². The van der Waals surface area contributed by atoms with Crippen LogP contribution in [-0.2, 0) is 13.1 Å². The topological polar surface area (TPSA) is 59.7 Å². The molecule has 158 valence electrons. The molecule has 7 heteroatoms. The molecule has 0 amide bonds. The van der Waals surface area contributed by atoms with Crippen LogP contribution in [0.25, 0.3) is 0 Å². The van der Waals surface area contributed by atoms with E-state index in [1.165, 1.54) is 16.7 Å². The largest absolute Gasteiger partial charge is 0.330 e. The molecule has 0 aliphatic rings. The molecule has 2 aromatic heterocycles. The second kappa shape index (κ2) is 9.14. The Kier molecular flexibility index (Phi) is 6.13. The van der Waals surface area contributed by atoms with Crippen LogP contribution in [0, 0.1) is 20.8 Å². The van der Waals surface area contributed by atoms with E-state index < -0.39 is 0 Å². The van der Waals surface area contributed by atoms with E-state index in [1.807, 2.05) is 47.6 Å². The molecule has 0 fully saturated rings. The summed E-state index contributed by atoms with van der Waals surface area (Å²) in [5.74, 6) is 0. The van der Waals surface area contributed by atoms with Gasteiger partial charge in [-0.2, -0.15) is 10.2 Å².